The Bertz CT molecular complexity index is 821. The predicted molar refractivity (Wildman–Crippen MR) is 76.6 cm³/mol. The number of aromatic nitrogens is 4. The van der Waals surface area contributed by atoms with Crippen molar-refractivity contribution in [3.63, 3.8) is 0 Å². The third-order valence-electron chi connectivity index (χ3n) is 4.00. The molecule has 2 aromatic heterocycles. The predicted octanol–water partition coefficient (Wildman–Crippen LogP) is 2.41. The Morgan fingerprint density at radius 1 is 1.24 bits per heavy atom. The van der Waals surface area contributed by atoms with Crippen LogP contribution in [0.2, 0.25) is 0 Å². The third-order valence-corrected chi connectivity index (χ3v) is 4.00. The Balaban J connectivity index is 1.84. The number of benzene rings is 1. The van der Waals surface area contributed by atoms with Crippen molar-refractivity contribution in [2.45, 2.75) is 31.8 Å². The highest BCUT2D eigenvalue weighted by atomic mass is 16.5. The molecule has 6 heteroatoms. The van der Waals surface area contributed by atoms with Gasteiger partial charge in [-0.1, -0.05) is 0 Å². The van der Waals surface area contributed by atoms with Crippen molar-refractivity contribution in [2.75, 3.05) is 0 Å². The molecule has 0 amide bonds. The molecule has 21 heavy (non-hydrogen) atoms. The summed E-state index contributed by atoms with van der Waals surface area (Å²) in [5, 5.41) is 12.4. The van der Waals surface area contributed by atoms with E-state index in [2.05, 4.69) is 15.5 Å². The summed E-state index contributed by atoms with van der Waals surface area (Å²) in [6.07, 6.45) is 5.77. The van der Waals surface area contributed by atoms with E-state index in [0.29, 0.717) is 17.3 Å². The van der Waals surface area contributed by atoms with Crippen LogP contribution < -0.4 is 4.74 Å². The zero-order valence-corrected chi connectivity index (χ0v) is 11.4. The minimum absolute atomic E-state index is 0.307. The van der Waals surface area contributed by atoms with Gasteiger partial charge in [-0.2, -0.15) is 4.52 Å². The maximum Gasteiger partial charge on any atom is 0.190 e. The summed E-state index contributed by atoms with van der Waals surface area (Å²) in [7, 11) is 0. The van der Waals surface area contributed by atoms with Gasteiger partial charge in [0, 0.05) is 11.5 Å². The van der Waals surface area contributed by atoms with Gasteiger partial charge >= 0.3 is 0 Å². The quantitative estimate of drug-likeness (QED) is 0.690. The van der Waals surface area contributed by atoms with E-state index in [-0.39, 0.29) is 0 Å². The summed E-state index contributed by atoms with van der Waals surface area (Å²) in [6, 6.07) is 7.61. The summed E-state index contributed by atoms with van der Waals surface area (Å²) in [5.41, 5.74) is 1.79. The van der Waals surface area contributed by atoms with Crippen molar-refractivity contribution < 1.29 is 9.53 Å². The molecule has 0 radical (unpaired) electrons. The molecular formula is C15H14N4O2. The molecular weight excluding hydrogens is 268 g/mol. The maximum absolute atomic E-state index is 11.1. The lowest BCUT2D eigenvalue weighted by atomic mass is 10.1. The molecule has 0 bridgehead atoms. The van der Waals surface area contributed by atoms with E-state index in [9.17, 15) is 4.79 Å². The van der Waals surface area contributed by atoms with Crippen LogP contribution in [0.25, 0.3) is 16.6 Å². The minimum atomic E-state index is 0.307. The van der Waals surface area contributed by atoms with Gasteiger partial charge in [0.2, 0.25) is 0 Å². The number of tetrazole rings is 1. The second-order valence-electron chi connectivity index (χ2n) is 5.38. The zero-order chi connectivity index (χ0) is 14.2. The number of carbonyl (C=O) groups is 1. The first-order chi connectivity index (χ1) is 10.3. The van der Waals surface area contributed by atoms with Crippen molar-refractivity contribution in [3.8, 4) is 5.75 Å². The van der Waals surface area contributed by atoms with Crippen LogP contribution in [0.1, 0.15) is 36.0 Å². The molecule has 106 valence electrons. The van der Waals surface area contributed by atoms with E-state index in [1.165, 1.54) is 12.8 Å². The first-order valence-electron chi connectivity index (χ1n) is 7.12. The Kier molecular flexibility index (Phi) is 2.80. The number of fused-ring (bicyclic) bond motifs is 3. The molecule has 3 aromatic rings. The van der Waals surface area contributed by atoms with Crippen LogP contribution in [0.3, 0.4) is 0 Å². The van der Waals surface area contributed by atoms with E-state index in [0.717, 1.165) is 35.8 Å². The fourth-order valence-electron chi connectivity index (χ4n) is 2.95. The molecule has 1 fully saturated rings. The van der Waals surface area contributed by atoms with Crippen LogP contribution in [0.5, 0.6) is 5.75 Å². The summed E-state index contributed by atoms with van der Waals surface area (Å²) in [5.74, 6) is 0.824. The van der Waals surface area contributed by atoms with Crippen LogP contribution in [0, 0.1) is 0 Å². The van der Waals surface area contributed by atoms with E-state index in [1.54, 1.807) is 10.6 Å². The summed E-state index contributed by atoms with van der Waals surface area (Å²) in [6.45, 7) is 0. The fraction of sp³-hybridized carbons (Fsp3) is 0.333. The zero-order valence-electron chi connectivity index (χ0n) is 11.4. The molecule has 1 aliphatic carbocycles. The molecule has 1 aliphatic rings. The molecule has 0 atom stereocenters. The lowest BCUT2D eigenvalue weighted by Gasteiger charge is -2.13. The van der Waals surface area contributed by atoms with Gasteiger partial charge in [0.15, 0.2) is 11.9 Å². The molecule has 0 N–H and O–H groups in total. The molecule has 1 aromatic carbocycles. The average Bonchev–Trinajstić information content (AvgIpc) is 3.17. The largest absolute Gasteiger partial charge is 0.490 e. The van der Waals surface area contributed by atoms with Crippen molar-refractivity contribution in [1.82, 2.24) is 20.0 Å². The van der Waals surface area contributed by atoms with Gasteiger partial charge in [-0.15, -0.1) is 5.10 Å². The number of aldehydes is 1. The fourth-order valence-corrected chi connectivity index (χ4v) is 2.95. The number of hydrogen-bond acceptors (Lipinski definition) is 5. The molecule has 0 saturated heterocycles. The lowest BCUT2D eigenvalue weighted by Crippen LogP contribution is -2.10. The van der Waals surface area contributed by atoms with Crippen molar-refractivity contribution in [2.24, 2.45) is 0 Å². The van der Waals surface area contributed by atoms with Crippen LogP contribution in [0.15, 0.2) is 24.3 Å². The summed E-state index contributed by atoms with van der Waals surface area (Å²) in [4.78, 5) is 11.1. The topological polar surface area (TPSA) is 69.4 Å². The first-order valence-corrected chi connectivity index (χ1v) is 7.12. The van der Waals surface area contributed by atoms with E-state index < -0.39 is 0 Å². The van der Waals surface area contributed by atoms with Crippen LogP contribution >= 0.6 is 0 Å². The Hall–Kier alpha value is -2.50. The number of rotatable bonds is 3. The van der Waals surface area contributed by atoms with Crippen LogP contribution in [-0.4, -0.2) is 32.4 Å². The van der Waals surface area contributed by atoms with Gasteiger partial charge in [-0.05, 0) is 54.3 Å². The highest BCUT2D eigenvalue weighted by Gasteiger charge is 2.17. The first kappa shape index (κ1) is 12.3. The minimum Gasteiger partial charge on any atom is -0.490 e. The van der Waals surface area contributed by atoms with Gasteiger partial charge < -0.3 is 4.74 Å². The summed E-state index contributed by atoms with van der Waals surface area (Å²) < 4.78 is 7.60. The third kappa shape index (κ3) is 2.03. The Morgan fingerprint density at radius 2 is 2.10 bits per heavy atom. The van der Waals surface area contributed by atoms with Crippen LogP contribution in [0.4, 0.5) is 0 Å². The Morgan fingerprint density at radius 3 is 2.90 bits per heavy atom. The smallest absolute Gasteiger partial charge is 0.190 e. The highest BCUT2D eigenvalue weighted by Crippen LogP contribution is 2.27. The summed E-state index contributed by atoms with van der Waals surface area (Å²) >= 11 is 0. The van der Waals surface area contributed by atoms with Crippen LogP contribution in [-0.2, 0) is 0 Å². The van der Waals surface area contributed by atoms with Crippen molar-refractivity contribution in [3.05, 3.63) is 29.8 Å². The van der Waals surface area contributed by atoms with Gasteiger partial charge in [-0.3, -0.25) is 4.79 Å². The van der Waals surface area contributed by atoms with E-state index in [1.807, 2.05) is 18.2 Å². The highest BCUT2D eigenvalue weighted by molar-refractivity contribution is 5.93. The lowest BCUT2D eigenvalue weighted by molar-refractivity contribution is 0.112. The Labute approximate surface area is 120 Å². The molecule has 0 spiro atoms. The SMILES string of the molecule is O=Cc1cc2ccc(OC3CCCC3)cc2n2nnnc12. The number of carbonyl (C=O) groups excluding carboxylic acids is 1. The number of ether oxygens (including phenoxy) is 1. The second kappa shape index (κ2) is 4.80. The molecule has 6 nitrogen and oxygen atoms in total. The van der Waals surface area contributed by atoms with Crippen molar-refractivity contribution >= 4 is 22.8 Å². The van der Waals surface area contributed by atoms with E-state index >= 15 is 0 Å². The number of pyridine rings is 1. The number of hydrogen-bond donors (Lipinski definition) is 0. The molecule has 0 aliphatic heterocycles. The van der Waals surface area contributed by atoms with Gasteiger partial charge in [0.05, 0.1) is 17.2 Å². The van der Waals surface area contributed by atoms with Gasteiger partial charge in [-0.25, -0.2) is 0 Å². The number of nitrogens with zero attached hydrogens (tertiary/aromatic N) is 4. The van der Waals surface area contributed by atoms with Gasteiger partial charge in [0.1, 0.15) is 5.75 Å². The normalized spacial score (nSPS) is 15.8. The van der Waals surface area contributed by atoms with Gasteiger partial charge in [0.25, 0.3) is 0 Å². The second-order valence-corrected chi connectivity index (χ2v) is 5.38. The van der Waals surface area contributed by atoms with E-state index in [4.69, 9.17) is 4.74 Å². The molecule has 1 saturated carbocycles. The average molecular weight is 282 g/mol. The molecule has 2 heterocycles. The standard InChI is InChI=1S/C15H14N4O2/c20-9-11-7-10-5-6-13(21-12-3-1-2-4-12)8-14(10)19-15(11)16-17-18-19/h5-9,12H,1-4H2. The molecule has 0 unspecified atom stereocenters. The van der Waals surface area contributed by atoms with Crippen molar-refractivity contribution in [1.29, 1.82) is 0 Å². The monoisotopic (exact) mass is 282 g/mol. The molecule has 4 rings (SSSR count). The maximum atomic E-state index is 11.1.